The summed E-state index contributed by atoms with van der Waals surface area (Å²) in [6.45, 7) is 0.846. The number of methoxy groups -OCH3 is 1. The zero-order valence-corrected chi connectivity index (χ0v) is 14.9. The lowest BCUT2D eigenvalue weighted by Crippen LogP contribution is -2.40. The molecule has 1 atom stereocenters. The molecular formula is C20H27N3O2. The minimum Gasteiger partial charge on any atom is -0.497 e. The van der Waals surface area contributed by atoms with Gasteiger partial charge in [-0.15, -0.1) is 0 Å². The maximum absolute atomic E-state index is 12.1. The number of amides is 1. The molecule has 2 aromatic rings. The van der Waals surface area contributed by atoms with Gasteiger partial charge in [0, 0.05) is 37.8 Å². The minimum absolute atomic E-state index is 0.179. The summed E-state index contributed by atoms with van der Waals surface area (Å²) >= 11 is 0. The van der Waals surface area contributed by atoms with E-state index in [1.807, 2.05) is 24.5 Å². The Labute approximate surface area is 149 Å². The van der Waals surface area contributed by atoms with Crippen molar-refractivity contribution in [1.29, 1.82) is 0 Å². The molecular weight excluding hydrogens is 314 g/mol. The van der Waals surface area contributed by atoms with Crippen molar-refractivity contribution >= 4 is 5.91 Å². The lowest BCUT2D eigenvalue weighted by atomic mass is 10.0. The minimum atomic E-state index is 0.179. The van der Waals surface area contributed by atoms with Gasteiger partial charge in [0.15, 0.2) is 0 Å². The summed E-state index contributed by atoms with van der Waals surface area (Å²) in [5, 5.41) is 3.17. The molecule has 0 unspecified atom stereocenters. The molecule has 134 valence electrons. The topological polar surface area (TPSA) is 56.1 Å². The second-order valence-electron chi connectivity index (χ2n) is 6.71. The van der Waals surface area contributed by atoms with E-state index in [1.54, 1.807) is 7.11 Å². The smallest absolute Gasteiger partial charge is 0.220 e. The lowest BCUT2D eigenvalue weighted by molar-refractivity contribution is -0.122. The Balaban J connectivity index is 1.29. The highest BCUT2D eigenvalue weighted by Gasteiger charge is 2.19. The Morgan fingerprint density at radius 2 is 2.12 bits per heavy atom. The van der Waals surface area contributed by atoms with Crippen LogP contribution in [0.5, 0.6) is 5.75 Å². The summed E-state index contributed by atoms with van der Waals surface area (Å²) in [4.78, 5) is 16.4. The second-order valence-corrected chi connectivity index (χ2v) is 6.71. The van der Waals surface area contributed by atoms with Gasteiger partial charge in [-0.05, 0) is 43.4 Å². The SMILES string of the molecule is COc1ccc(CCCCCC(=O)N[C@H]2CCc3nccn3C2)cc1. The van der Waals surface area contributed by atoms with Gasteiger partial charge in [0.2, 0.25) is 5.91 Å². The molecule has 0 radical (unpaired) electrons. The highest BCUT2D eigenvalue weighted by atomic mass is 16.5. The molecule has 1 aliphatic heterocycles. The van der Waals surface area contributed by atoms with Crippen LogP contribution in [0.25, 0.3) is 0 Å². The highest BCUT2D eigenvalue weighted by molar-refractivity contribution is 5.76. The van der Waals surface area contributed by atoms with Crippen molar-refractivity contribution in [1.82, 2.24) is 14.9 Å². The number of fused-ring (bicyclic) bond motifs is 1. The molecule has 1 aliphatic rings. The molecule has 25 heavy (non-hydrogen) atoms. The van der Waals surface area contributed by atoms with Crippen LogP contribution >= 0.6 is 0 Å². The number of unbranched alkanes of at least 4 members (excludes halogenated alkanes) is 2. The average Bonchev–Trinajstić information content (AvgIpc) is 3.09. The van der Waals surface area contributed by atoms with Crippen molar-refractivity contribution in [3.8, 4) is 5.75 Å². The van der Waals surface area contributed by atoms with Crippen LogP contribution in [0.3, 0.4) is 0 Å². The van der Waals surface area contributed by atoms with Gasteiger partial charge in [0.05, 0.1) is 7.11 Å². The van der Waals surface area contributed by atoms with Gasteiger partial charge in [-0.3, -0.25) is 4.79 Å². The molecule has 1 N–H and O–H groups in total. The van der Waals surface area contributed by atoms with Crippen LogP contribution in [-0.4, -0.2) is 28.6 Å². The largest absolute Gasteiger partial charge is 0.497 e. The molecule has 0 saturated heterocycles. The van der Waals surface area contributed by atoms with Gasteiger partial charge < -0.3 is 14.6 Å². The number of nitrogens with zero attached hydrogens (tertiary/aromatic N) is 2. The molecule has 0 saturated carbocycles. The standard InChI is InChI=1S/C20H27N3O2/c1-25-18-10-7-16(8-11-18)5-3-2-4-6-20(24)22-17-9-12-19-21-13-14-23(19)15-17/h7-8,10-11,13-14,17H,2-6,9,12,15H2,1H3,(H,22,24)/t17-/m0/s1. The van der Waals surface area contributed by atoms with E-state index in [2.05, 4.69) is 27.0 Å². The van der Waals surface area contributed by atoms with Crippen molar-refractivity contribution in [2.45, 2.75) is 57.5 Å². The Bertz CT molecular complexity index is 679. The Morgan fingerprint density at radius 1 is 1.28 bits per heavy atom. The van der Waals surface area contributed by atoms with E-state index in [0.29, 0.717) is 6.42 Å². The van der Waals surface area contributed by atoms with E-state index in [0.717, 1.165) is 56.6 Å². The Hall–Kier alpha value is -2.30. The second kappa shape index (κ2) is 8.70. The van der Waals surface area contributed by atoms with Crippen LogP contribution in [0.2, 0.25) is 0 Å². The maximum Gasteiger partial charge on any atom is 0.220 e. The molecule has 0 spiro atoms. The van der Waals surface area contributed by atoms with E-state index in [9.17, 15) is 4.79 Å². The molecule has 3 rings (SSSR count). The zero-order chi connectivity index (χ0) is 17.5. The van der Waals surface area contributed by atoms with Crippen LogP contribution in [-0.2, 0) is 24.2 Å². The number of carbonyl (C=O) groups is 1. The molecule has 2 heterocycles. The number of carbonyl (C=O) groups excluding carboxylic acids is 1. The Kier molecular flexibility index (Phi) is 6.09. The van der Waals surface area contributed by atoms with Crippen molar-refractivity contribution in [2.75, 3.05) is 7.11 Å². The number of ether oxygens (including phenoxy) is 1. The third kappa shape index (κ3) is 5.08. The predicted molar refractivity (Wildman–Crippen MR) is 97.6 cm³/mol. The van der Waals surface area contributed by atoms with Crippen molar-refractivity contribution < 1.29 is 9.53 Å². The summed E-state index contributed by atoms with van der Waals surface area (Å²) in [6, 6.07) is 8.46. The summed E-state index contributed by atoms with van der Waals surface area (Å²) in [5.41, 5.74) is 1.32. The van der Waals surface area contributed by atoms with Gasteiger partial charge in [0.1, 0.15) is 11.6 Å². The third-order valence-electron chi connectivity index (χ3n) is 4.83. The van der Waals surface area contributed by atoms with Gasteiger partial charge in [-0.25, -0.2) is 4.98 Å². The first kappa shape index (κ1) is 17.5. The normalized spacial score (nSPS) is 16.3. The molecule has 0 bridgehead atoms. The highest BCUT2D eigenvalue weighted by Crippen LogP contribution is 2.15. The fraction of sp³-hybridized carbons (Fsp3) is 0.500. The number of hydrogen-bond donors (Lipinski definition) is 1. The third-order valence-corrected chi connectivity index (χ3v) is 4.83. The molecule has 5 nitrogen and oxygen atoms in total. The van der Waals surface area contributed by atoms with E-state index in [1.165, 1.54) is 5.56 Å². The number of imidazole rings is 1. The zero-order valence-electron chi connectivity index (χ0n) is 14.9. The van der Waals surface area contributed by atoms with Gasteiger partial charge in [-0.1, -0.05) is 18.6 Å². The first-order valence-corrected chi connectivity index (χ1v) is 9.17. The number of aromatic nitrogens is 2. The number of benzene rings is 1. The summed E-state index contributed by atoms with van der Waals surface area (Å²) in [6.07, 6.45) is 10.6. The van der Waals surface area contributed by atoms with E-state index < -0.39 is 0 Å². The van der Waals surface area contributed by atoms with Crippen molar-refractivity contribution in [2.24, 2.45) is 0 Å². The van der Waals surface area contributed by atoms with Crippen LogP contribution in [0.15, 0.2) is 36.7 Å². The van der Waals surface area contributed by atoms with Gasteiger partial charge in [-0.2, -0.15) is 0 Å². The molecule has 1 aromatic heterocycles. The quantitative estimate of drug-likeness (QED) is 0.751. The molecule has 1 amide bonds. The van der Waals surface area contributed by atoms with E-state index in [4.69, 9.17) is 4.74 Å². The summed E-state index contributed by atoms with van der Waals surface area (Å²) in [7, 11) is 1.68. The number of nitrogens with one attached hydrogen (secondary N) is 1. The molecule has 0 aliphatic carbocycles. The van der Waals surface area contributed by atoms with Gasteiger partial charge >= 0.3 is 0 Å². The molecule has 5 heteroatoms. The van der Waals surface area contributed by atoms with Crippen LogP contribution < -0.4 is 10.1 Å². The van der Waals surface area contributed by atoms with Crippen LogP contribution in [0.4, 0.5) is 0 Å². The van der Waals surface area contributed by atoms with Crippen LogP contribution in [0.1, 0.15) is 43.5 Å². The number of hydrogen-bond acceptors (Lipinski definition) is 3. The molecule has 1 aromatic carbocycles. The number of aryl methyl sites for hydroxylation is 2. The first-order valence-electron chi connectivity index (χ1n) is 9.17. The fourth-order valence-corrected chi connectivity index (χ4v) is 3.37. The Morgan fingerprint density at radius 3 is 2.92 bits per heavy atom. The predicted octanol–water partition coefficient (Wildman–Crippen LogP) is 3.13. The van der Waals surface area contributed by atoms with E-state index >= 15 is 0 Å². The van der Waals surface area contributed by atoms with E-state index in [-0.39, 0.29) is 11.9 Å². The monoisotopic (exact) mass is 341 g/mol. The number of rotatable bonds is 8. The average molecular weight is 341 g/mol. The maximum atomic E-state index is 12.1. The lowest BCUT2D eigenvalue weighted by Gasteiger charge is -2.24. The molecule has 0 fully saturated rings. The fourth-order valence-electron chi connectivity index (χ4n) is 3.37. The first-order chi connectivity index (χ1) is 12.2. The van der Waals surface area contributed by atoms with Crippen molar-refractivity contribution in [3.63, 3.8) is 0 Å². The van der Waals surface area contributed by atoms with Crippen LogP contribution in [0, 0.1) is 0 Å². The summed E-state index contributed by atoms with van der Waals surface area (Å²) in [5.74, 6) is 2.20. The summed E-state index contributed by atoms with van der Waals surface area (Å²) < 4.78 is 7.31. The van der Waals surface area contributed by atoms with Crippen molar-refractivity contribution in [3.05, 3.63) is 48.0 Å². The van der Waals surface area contributed by atoms with Gasteiger partial charge in [0.25, 0.3) is 0 Å².